The third kappa shape index (κ3) is 3.05. The number of aromatic nitrogens is 2. The van der Waals surface area contributed by atoms with Gasteiger partial charge in [0.2, 0.25) is 5.76 Å². The number of carbonyl (C=O) groups is 1. The van der Waals surface area contributed by atoms with Crippen molar-refractivity contribution in [2.24, 2.45) is 7.05 Å². The van der Waals surface area contributed by atoms with Crippen molar-refractivity contribution in [3.05, 3.63) is 64.4 Å². The molecule has 0 radical (unpaired) electrons. The monoisotopic (exact) mass is 301 g/mol. The number of hydrogen-bond acceptors (Lipinski definition) is 4. The summed E-state index contributed by atoms with van der Waals surface area (Å²) in [6.07, 6.45) is 3.46. The fourth-order valence-electron chi connectivity index (χ4n) is 2.13. The SMILES string of the molecule is Cn1cccc1CN(Cc1cccs1)C(=O)c1ccno1. The van der Waals surface area contributed by atoms with Crippen LogP contribution in [0.25, 0.3) is 0 Å². The lowest BCUT2D eigenvalue weighted by Gasteiger charge is -2.21. The second kappa shape index (κ2) is 5.97. The van der Waals surface area contributed by atoms with E-state index in [4.69, 9.17) is 4.52 Å². The second-order valence-corrected chi connectivity index (χ2v) is 5.76. The third-order valence-electron chi connectivity index (χ3n) is 3.27. The van der Waals surface area contributed by atoms with Gasteiger partial charge in [-0.05, 0) is 23.6 Å². The smallest absolute Gasteiger partial charge is 0.293 e. The Kier molecular flexibility index (Phi) is 3.87. The van der Waals surface area contributed by atoms with Crippen LogP contribution >= 0.6 is 11.3 Å². The molecule has 6 heteroatoms. The molecule has 0 N–H and O–H groups in total. The number of aryl methyl sites for hydroxylation is 1. The first kappa shape index (κ1) is 13.6. The van der Waals surface area contributed by atoms with Gasteiger partial charge in [-0.15, -0.1) is 11.3 Å². The summed E-state index contributed by atoms with van der Waals surface area (Å²) in [5.74, 6) is 0.114. The Labute approximate surface area is 126 Å². The number of amides is 1. The molecule has 0 aromatic carbocycles. The zero-order valence-corrected chi connectivity index (χ0v) is 12.4. The maximum Gasteiger partial charge on any atom is 0.293 e. The Hall–Kier alpha value is -2.34. The van der Waals surface area contributed by atoms with Crippen LogP contribution in [0.5, 0.6) is 0 Å². The Bertz CT molecular complexity index is 701. The molecule has 0 aliphatic heterocycles. The van der Waals surface area contributed by atoms with Crippen molar-refractivity contribution in [1.29, 1.82) is 0 Å². The molecule has 108 valence electrons. The highest BCUT2D eigenvalue weighted by Crippen LogP contribution is 2.17. The summed E-state index contributed by atoms with van der Waals surface area (Å²) in [5.41, 5.74) is 1.07. The van der Waals surface area contributed by atoms with Crippen LogP contribution in [0.2, 0.25) is 0 Å². The van der Waals surface area contributed by atoms with E-state index >= 15 is 0 Å². The number of nitrogens with zero attached hydrogens (tertiary/aromatic N) is 3. The standard InChI is InChI=1S/C15H15N3O2S/c1-17-8-2-4-12(17)10-18(11-13-5-3-9-21-13)15(19)14-6-7-16-20-14/h2-9H,10-11H2,1H3. The first-order valence-corrected chi connectivity index (χ1v) is 7.44. The molecule has 21 heavy (non-hydrogen) atoms. The average Bonchev–Trinajstić information content (AvgIpc) is 3.20. The lowest BCUT2D eigenvalue weighted by molar-refractivity contribution is 0.0686. The number of rotatable bonds is 5. The lowest BCUT2D eigenvalue weighted by Crippen LogP contribution is -2.30. The van der Waals surface area contributed by atoms with Gasteiger partial charge in [0.05, 0.1) is 19.3 Å². The largest absolute Gasteiger partial charge is 0.353 e. The lowest BCUT2D eigenvalue weighted by atomic mass is 10.3. The summed E-state index contributed by atoms with van der Waals surface area (Å²) < 4.78 is 7.01. The molecular formula is C15H15N3O2S. The van der Waals surface area contributed by atoms with Crippen molar-refractivity contribution in [3.63, 3.8) is 0 Å². The van der Waals surface area contributed by atoms with E-state index in [0.717, 1.165) is 10.6 Å². The van der Waals surface area contributed by atoms with Crippen LogP contribution in [0, 0.1) is 0 Å². The van der Waals surface area contributed by atoms with Crippen molar-refractivity contribution >= 4 is 17.2 Å². The molecule has 0 fully saturated rings. The molecule has 0 unspecified atom stereocenters. The average molecular weight is 301 g/mol. The fraction of sp³-hybridized carbons (Fsp3) is 0.200. The van der Waals surface area contributed by atoms with Crippen LogP contribution in [0.15, 0.2) is 52.6 Å². The highest BCUT2D eigenvalue weighted by Gasteiger charge is 2.20. The molecule has 0 aliphatic rings. The van der Waals surface area contributed by atoms with E-state index in [1.807, 2.05) is 47.5 Å². The van der Waals surface area contributed by atoms with Gasteiger partial charge < -0.3 is 14.0 Å². The van der Waals surface area contributed by atoms with Gasteiger partial charge >= 0.3 is 0 Å². The molecule has 1 amide bonds. The minimum absolute atomic E-state index is 0.151. The van der Waals surface area contributed by atoms with E-state index in [-0.39, 0.29) is 11.7 Å². The predicted octanol–water partition coefficient (Wildman–Crippen LogP) is 2.92. The van der Waals surface area contributed by atoms with Crippen LogP contribution in [-0.2, 0) is 20.1 Å². The van der Waals surface area contributed by atoms with Gasteiger partial charge in [-0.1, -0.05) is 11.2 Å². The van der Waals surface area contributed by atoms with Crippen molar-refractivity contribution in [2.45, 2.75) is 13.1 Å². The van der Waals surface area contributed by atoms with E-state index in [1.54, 1.807) is 22.3 Å². The summed E-state index contributed by atoms with van der Waals surface area (Å²) in [4.78, 5) is 15.5. The zero-order valence-electron chi connectivity index (χ0n) is 11.6. The molecule has 0 bridgehead atoms. The minimum atomic E-state index is -0.151. The molecular weight excluding hydrogens is 286 g/mol. The van der Waals surface area contributed by atoms with Gasteiger partial charge in [-0.3, -0.25) is 4.79 Å². The Morgan fingerprint density at radius 2 is 2.24 bits per heavy atom. The zero-order chi connectivity index (χ0) is 14.7. The molecule has 0 atom stereocenters. The van der Waals surface area contributed by atoms with Crippen LogP contribution in [-0.4, -0.2) is 20.5 Å². The molecule has 0 saturated heterocycles. The van der Waals surface area contributed by atoms with Gasteiger partial charge in [0.1, 0.15) is 0 Å². The molecule has 0 spiro atoms. The first-order chi connectivity index (χ1) is 10.2. The van der Waals surface area contributed by atoms with Crippen molar-refractivity contribution in [1.82, 2.24) is 14.6 Å². The number of hydrogen-bond donors (Lipinski definition) is 0. The van der Waals surface area contributed by atoms with Crippen molar-refractivity contribution in [3.8, 4) is 0 Å². The summed E-state index contributed by atoms with van der Waals surface area (Å²) in [6, 6.07) is 9.58. The fourth-order valence-corrected chi connectivity index (χ4v) is 2.85. The maximum atomic E-state index is 12.6. The van der Waals surface area contributed by atoms with Gasteiger partial charge in [-0.2, -0.15) is 0 Å². The second-order valence-electron chi connectivity index (χ2n) is 4.73. The predicted molar refractivity (Wildman–Crippen MR) is 79.8 cm³/mol. The van der Waals surface area contributed by atoms with Crippen molar-refractivity contribution in [2.75, 3.05) is 0 Å². The van der Waals surface area contributed by atoms with Gasteiger partial charge in [0, 0.05) is 29.9 Å². The molecule has 5 nitrogen and oxygen atoms in total. The van der Waals surface area contributed by atoms with E-state index in [1.165, 1.54) is 6.20 Å². The Morgan fingerprint density at radius 3 is 2.86 bits per heavy atom. The number of carbonyl (C=O) groups excluding carboxylic acids is 1. The normalized spacial score (nSPS) is 10.7. The summed E-state index contributed by atoms with van der Waals surface area (Å²) in [6.45, 7) is 1.09. The van der Waals surface area contributed by atoms with Crippen LogP contribution < -0.4 is 0 Å². The highest BCUT2D eigenvalue weighted by molar-refractivity contribution is 7.09. The Morgan fingerprint density at radius 1 is 1.33 bits per heavy atom. The minimum Gasteiger partial charge on any atom is -0.353 e. The van der Waals surface area contributed by atoms with E-state index < -0.39 is 0 Å². The van der Waals surface area contributed by atoms with Crippen LogP contribution in [0.1, 0.15) is 21.1 Å². The topological polar surface area (TPSA) is 51.3 Å². The molecule has 0 saturated carbocycles. The first-order valence-electron chi connectivity index (χ1n) is 6.56. The summed E-state index contributed by atoms with van der Waals surface area (Å²) in [7, 11) is 1.97. The summed E-state index contributed by atoms with van der Waals surface area (Å²) >= 11 is 1.64. The van der Waals surface area contributed by atoms with Crippen LogP contribution in [0.3, 0.4) is 0 Å². The van der Waals surface area contributed by atoms with Gasteiger partial charge in [0.15, 0.2) is 0 Å². The van der Waals surface area contributed by atoms with Crippen molar-refractivity contribution < 1.29 is 9.32 Å². The van der Waals surface area contributed by atoms with Crippen LogP contribution in [0.4, 0.5) is 0 Å². The molecule has 3 rings (SSSR count). The van der Waals surface area contributed by atoms with E-state index in [9.17, 15) is 4.79 Å². The highest BCUT2D eigenvalue weighted by atomic mass is 32.1. The Balaban J connectivity index is 1.83. The molecule has 3 heterocycles. The molecule has 3 aromatic rings. The van der Waals surface area contributed by atoms with E-state index in [2.05, 4.69) is 5.16 Å². The van der Waals surface area contributed by atoms with Gasteiger partial charge in [0.25, 0.3) is 5.91 Å². The molecule has 3 aromatic heterocycles. The van der Waals surface area contributed by atoms with E-state index in [0.29, 0.717) is 13.1 Å². The maximum absolute atomic E-state index is 12.6. The van der Waals surface area contributed by atoms with Gasteiger partial charge in [-0.25, -0.2) is 0 Å². The number of thiophene rings is 1. The quantitative estimate of drug-likeness (QED) is 0.728. The third-order valence-corrected chi connectivity index (χ3v) is 4.13. The molecule has 0 aliphatic carbocycles. The summed E-state index contributed by atoms with van der Waals surface area (Å²) in [5, 5.41) is 5.62.